The fraction of sp³-hybridized carbons (Fsp3) is 0.357. The van der Waals surface area contributed by atoms with E-state index in [2.05, 4.69) is 21.4 Å². The van der Waals surface area contributed by atoms with Gasteiger partial charge in [0.1, 0.15) is 5.01 Å². The van der Waals surface area contributed by atoms with Crippen LogP contribution >= 0.6 is 11.3 Å². The summed E-state index contributed by atoms with van der Waals surface area (Å²) in [5.41, 5.74) is 8.84. The Balaban J connectivity index is 1.80. The highest BCUT2D eigenvalue weighted by molar-refractivity contribution is 7.19. The number of rotatable bonds is 2. The number of fused-ring (bicyclic) bond motifs is 1. The summed E-state index contributed by atoms with van der Waals surface area (Å²) in [5.74, 6) is 1.55. The molecule has 102 valence electrons. The molecule has 2 aromatic heterocycles. The molecule has 2 heterocycles. The van der Waals surface area contributed by atoms with E-state index < -0.39 is 0 Å². The van der Waals surface area contributed by atoms with Gasteiger partial charge in [-0.15, -0.1) is 10.2 Å². The highest BCUT2D eigenvalue weighted by Gasteiger charge is 2.26. The fourth-order valence-corrected chi connectivity index (χ4v) is 3.32. The third-order valence-corrected chi connectivity index (χ3v) is 4.95. The predicted octanol–water partition coefficient (Wildman–Crippen LogP) is 3.01. The first kappa shape index (κ1) is 11.8. The first-order chi connectivity index (χ1) is 9.72. The molecule has 0 radical (unpaired) electrons. The van der Waals surface area contributed by atoms with Crippen molar-refractivity contribution < 1.29 is 0 Å². The molecule has 3 aromatic rings. The van der Waals surface area contributed by atoms with Crippen LogP contribution in [0.3, 0.4) is 0 Å². The van der Waals surface area contributed by atoms with Crippen molar-refractivity contribution in [2.24, 2.45) is 0 Å². The number of nitrogens with two attached hydrogens (primary N) is 1. The lowest BCUT2D eigenvalue weighted by Gasteiger charge is -2.22. The SMILES string of the molecule is Cc1cc(-c2nn3c(C4CCC4)nnc3s2)ccc1N. The minimum atomic E-state index is 0.535. The zero-order valence-corrected chi connectivity index (χ0v) is 12.0. The molecule has 0 atom stereocenters. The van der Waals surface area contributed by atoms with E-state index in [1.807, 2.05) is 23.6 Å². The Morgan fingerprint density at radius 3 is 2.85 bits per heavy atom. The highest BCUT2D eigenvalue weighted by Crippen LogP contribution is 2.36. The van der Waals surface area contributed by atoms with E-state index in [1.165, 1.54) is 19.3 Å². The Bertz CT molecular complexity index is 784. The topological polar surface area (TPSA) is 69.1 Å². The average molecular weight is 285 g/mol. The van der Waals surface area contributed by atoms with Gasteiger partial charge in [-0.05, 0) is 43.5 Å². The molecule has 1 aliphatic rings. The van der Waals surface area contributed by atoms with Crippen molar-refractivity contribution in [1.82, 2.24) is 19.8 Å². The number of benzene rings is 1. The third kappa shape index (κ3) is 1.71. The van der Waals surface area contributed by atoms with E-state index >= 15 is 0 Å². The molecule has 0 bridgehead atoms. The van der Waals surface area contributed by atoms with Gasteiger partial charge < -0.3 is 5.73 Å². The molecule has 0 spiro atoms. The maximum atomic E-state index is 5.87. The van der Waals surface area contributed by atoms with E-state index in [0.717, 1.165) is 32.6 Å². The molecule has 6 heteroatoms. The second kappa shape index (κ2) is 4.28. The molecule has 5 nitrogen and oxygen atoms in total. The number of nitrogen functional groups attached to an aromatic ring is 1. The predicted molar refractivity (Wildman–Crippen MR) is 79.8 cm³/mol. The number of hydrogen-bond donors (Lipinski definition) is 1. The Kier molecular flexibility index (Phi) is 2.53. The summed E-state index contributed by atoms with van der Waals surface area (Å²) < 4.78 is 1.91. The molecule has 2 N–H and O–H groups in total. The monoisotopic (exact) mass is 285 g/mol. The van der Waals surface area contributed by atoms with Gasteiger partial charge in [0.05, 0.1) is 0 Å². The van der Waals surface area contributed by atoms with E-state index in [4.69, 9.17) is 5.73 Å². The lowest BCUT2D eigenvalue weighted by molar-refractivity contribution is 0.395. The average Bonchev–Trinajstić information content (AvgIpc) is 2.93. The standard InChI is InChI=1S/C14H15N5S/c1-8-7-10(5-6-11(8)15)13-18-19-12(9-3-2-4-9)16-17-14(19)20-13/h5-7,9H,2-4,15H2,1H3. The van der Waals surface area contributed by atoms with Gasteiger partial charge in [0, 0.05) is 17.2 Å². The third-order valence-electron chi connectivity index (χ3n) is 4.00. The summed E-state index contributed by atoms with van der Waals surface area (Å²) in [4.78, 5) is 0.872. The van der Waals surface area contributed by atoms with Crippen molar-refractivity contribution in [3.05, 3.63) is 29.6 Å². The highest BCUT2D eigenvalue weighted by atomic mass is 32.1. The van der Waals surface area contributed by atoms with Crippen molar-refractivity contribution in [2.75, 3.05) is 5.73 Å². The largest absolute Gasteiger partial charge is 0.399 e. The van der Waals surface area contributed by atoms with Crippen LogP contribution in [-0.2, 0) is 0 Å². The molecule has 20 heavy (non-hydrogen) atoms. The molecule has 0 amide bonds. The zero-order valence-electron chi connectivity index (χ0n) is 11.2. The zero-order chi connectivity index (χ0) is 13.7. The summed E-state index contributed by atoms with van der Waals surface area (Å²) >= 11 is 1.58. The number of aromatic nitrogens is 4. The summed E-state index contributed by atoms with van der Waals surface area (Å²) in [6.45, 7) is 2.01. The normalized spacial score (nSPS) is 15.7. The van der Waals surface area contributed by atoms with Crippen molar-refractivity contribution in [3.8, 4) is 10.6 Å². The van der Waals surface area contributed by atoms with Crippen LogP contribution < -0.4 is 5.73 Å². The Hall–Kier alpha value is -1.95. The van der Waals surface area contributed by atoms with Gasteiger partial charge in [-0.25, -0.2) is 0 Å². The van der Waals surface area contributed by atoms with Crippen LogP contribution in [0.25, 0.3) is 15.5 Å². The Morgan fingerprint density at radius 2 is 2.15 bits per heavy atom. The van der Waals surface area contributed by atoms with Gasteiger partial charge in [-0.1, -0.05) is 17.8 Å². The number of hydrogen-bond acceptors (Lipinski definition) is 5. The van der Waals surface area contributed by atoms with Crippen molar-refractivity contribution in [2.45, 2.75) is 32.1 Å². The van der Waals surface area contributed by atoms with Gasteiger partial charge >= 0.3 is 0 Å². The van der Waals surface area contributed by atoms with Crippen LogP contribution in [0.2, 0.25) is 0 Å². The fourth-order valence-electron chi connectivity index (χ4n) is 2.48. The second-order valence-electron chi connectivity index (χ2n) is 5.36. The minimum Gasteiger partial charge on any atom is -0.399 e. The quantitative estimate of drug-likeness (QED) is 0.735. The first-order valence-electron chi connectivity index (χ1n) is 6.81. The molecule has 4 rings (SSSR count). The summed E-state index contributed by atoms with van der Waals surface area (Å²) in [6.07, 6.45) is 3.69. The lowest BCUT2D eigenvalue weighted by Crippen LogP contribution is -2.12. The van der Waals surface area contributed by atoms with Gasteiger partial charge in [0.2, 0.25) is 4.96 Å². The van der Waals surface area contributed by atoms with Crippen LogP contribution in [0, 0.1) is 6.92 Å². The molecule has 1 saturated carbocycles. The van der Waals surface area contributed by atoms with Gasteiger partial charge in [0.15, 0.2) is 5.82 Å². The van der Waals surface area contributed by atoms with Crippen LogP contribution in [-0.4, -0.2) is 19.8 Å². The Morgan fingerprint density at radius 1 is 1.30 bits per heavy atom. The second-order valence-corrected chi connectivity index (χ2v) is 6.31. The van der Waals surface area contributed by atoms with Crippen LogP contribution in [0.15, 0.2) is 18.2 Å². The van der Waals surface area contributed by atoms with Crippen LogP contribution in [0.5, 0.6) is 0 Å². The smallest absolute Gasteiger partial charge is 0.234 e. The molecule has 0 aliphatic heterocycles. The molecule has 0 unspecified atom stereocenters. The van der Waals surface area contributed by atoms with Gasteiger partial charge in [0.25, 0.3) is 0 Å². The summed E-state index contributed by atoms with van der Waals surface area (Å²) in [5, 5.41) is 14.2. The number of anilines is 1. The number of nitrogens with zero attached hydrogens (tertiary/aromatic N) is 4. The van der Waals surface area contributed by atoms with Crippen molar-refractivity contribution in [1.29, 1.82) is 0 Å². The van der Waals surface area contributed by atoms with E-state index in [9.17, 15) is 0 Å². The van der Waals surface area contributed by atoms with E-state index in [-0.39, 0.29) is 0 Å². The van der Waals surface area contributed by atoms with Crippen LogP contribution in [0.4, 0.5) is 5.69 Å². The van der Waals surface area contributed by atoms with E-state index in [0.29, 0.717) is 5.92 Å². The summed E-state index contributed by atoms with van der Waals surface area (Å²) in [7, 11) is 0. The maximum Gasteiger partial charge on any atom is 0.234 e. The van der Waals surface area contributed by atoms with Crippen molar-refractivity contribution in [3.63, 3.8) is 0 Å². The molecular formula is C14H15N5S. The molecule has 1 aliphatic carbocycles. The lowest BCUT2D eigenvalue weighted by atomic mass is 9.85. The Labute approximate surface area is 120 Å². The number of aryl methyl sites for hydroxylation is 1. The van der Waals surface area contributed by atoms with Gasteiger partial charge in [-0.2, -0.15) is 9.61 Å². The maximum absolute atomic E-state index is 5.87. The van der Waals surface area contributed by atoms with Gasteiger partial charge in [-0.3, -0.25) is 0 Å². The van der Waals surface area contributed by atoms with Crippen LogP contribution in [0.1, 0.15) is 36.6 Å². The van der Waals surface area contributed by atoms with E-state index in [1.54, 1.807) is 11.3 Å². The summed E-state index contributed by atoms with van der Waals surface area (Å²) in [6, 6.07) is 6.01. The molecular weight excluding hydrogens is 270 g/mol. The molecule has 1 fully saturated rings. The molecule has 0 saturated heterocycles. The minimum absolute atomic E-state index is 0.535. The van der Waals surface area contributed by atoms with Crippen molar-refractivity contribution >= 4 is 22.0 Å². The molecule has 1 aromatic carbocycles. The first-order valence-corrected chi connectivity index (χ1v) is 7.62.